The number of hydrogen-bond donors (Lipinski definition) is 1. The molecule has 0 spiro atoms. The molecule has 0 bridgehead atoms. The van der Waals surface area contributed by atoms with Crippen LogP contribution in [0.3, 0.4) is 0 Å². The Bertz CT molecular complexity index is 488. The van der Waals surface area contributed by atoms with Gasteiger partial charge in [-0.25, -0.2) is 0 Å². The third-order valence-corrected chi connectivity index (χ3v) is 5.27. The van der Waals surface area contributed by atoms with Gasteiger partial charge in [-0.1, -0.05) is 19.9 Å². The molecular weight excluding hydrogens is 262 g/mol. The largest absolute Gasteiger partial charge is 0.454 e. The first kappa shape index (κ1) is 14.7. The monoisotopic (exact) mass is 289 g/mol. The molecule has 21 heavy (non-hydrogen) atoms. The summed E-state index contributed by atoms with van der Waals surface area (Å²) < 4.78 is 10.8. The van der Waals surface area contributed by atoms with Crippen LogP contribution >= 0.6 is 0 Å². The first-order valence-corrected chi connectivity index (χ1v) is 8.28. The summed E-state index contributed by atoms with van der Waals surface area (Å²) in [5.41, 5.74) is 1.33. The lowest BCUT2D eigenvalue weighted by Gasteiger charge is -2.24. The molecule has 1 aromatic rings. The molecular formula is C18H27NO2. The summed E-state index contributed by atoms with van der Waals surface area (Å²) in [5.74, 6) is 3.44. The van der Waals surface area contributed by atoms with E-state index in [9.17, 15) is 0 Å². The lowest BCUT2D eigenvalue weighted by molar-refractivity contribution is 0.174. The normalized spacial score (nSPS) is 28.8. The fraction of sp³-hybridized carbons (Fsp3) is 0.667. The topological polar surface area (TPSA) is 30.5 Å². The van der Waals surface area contributed by atoms with Gasteiger partial charge in [0.2, 0.25) is 6.79 Å². The summed E-state index contributed by atoms with van der Waals surface area (Å²) in [6, 6.07) is 7.56. The standard InChI is InChI=1S/C18H27NO2/c1-12-4-8-16(14(12)3)19-13(2)5-6-15-7-9-17-18(10-15)21-11-20-17/h7,9-10,12-14,16,19H,4-6,8,11H2,1-3H3. The summed E-state index contributed by atoms with van der Waals surface area (Å²) in [6.07, 6.45) is 4.95. The predicted octanol–water partition coefficient (Wildman–Crippen LogP) is 3.76. The highest BCUT2D eigenvalue weighted by molar-refractivity contribution is 5.44. The fourth-order valence-corrected chi connectivity index (χ4v) is 3.53. The van der Waals surface area contributed by atoms with Crippen LogP contribution in [-0.2, 0) is 6.42 Å². The zero-order valence-corrected chi connectivity index (χ0v) is 13.4. The third-order valence-electron chi connectivity index (χ3n) is 5.27. The van der Waals surface area contributed by atoms with Crippen molar-refractivity contribution in [3.63, 3.8) is 0 Å². The number of benzene rings is 1. The van der Waals surface area contributed by atoms with Crippen LogP contribution < -0.4 is 14.8 Å². The Labute approximate surface area is 128 Å². The number of nitrogens with one attached hydrogen (secondary N) is 1. The van der Waals surface area contributed by atoms with Gasteiger partial charge in [-0.15, -0.1) is 0 Å². The van der Waals surface area contributed by atoms with E-state index in [1.165, 1.54) is 18.4 Å². The Hall–Kier alpha value is -1.22. The van der Waals surface area contributed by atoms with Crippen LogP contribution in [0.25, 0.3) is 0 Å². The predicted molar refractivity (Wildman–Crippen MR) is 84.8 cm³/mol. The second-order valence-corrected chi connectivity index (χ2v) is 6.81. The first-order valence-electron chi connectivity index (χ1n) is 8.28. The van der Waals surface area contributed by atoms with E-state index in [4.69, 9.17) is 9.47 Å². The van der Waals surface area contributed by atoms with Crippen LogP contribution in [0, 0.1) is 11.8 Å². The summed E-state index contributed by atoms with van der Waals surface area (Å²) in [5, 5.41) is 3.83. The van der Waals surface area contributed by atoms with Crippen LogP contribution in [0.2, 0.25) is 0 Å². The molecule has 3 nitrogen and oxygen atoms in total. The molecule has 116 valence electrons. The van der Waals surface area contributed by atoms with Gasteiger partial charge in [0.05, 0.1) is 0 Å². The molecule has 2 aliphatic rings. The minimum atomic E-state index is 0.356. The van der Waals surface area contributed by atoms with Gasteiger partial charge < -0.3 is 14.8 Å². The Morgan fingerprint density at radius 3 is 2.76 bits per heavy atom. The molecule has 4 unspecified atom stereocenters. The number of ether oxygens (including phenoxy) is 2. The summed E-state index contributed by atoms with van der Waals surface area (Å²) in [4.78, 5) is 0. The van der Waals surface area contributed by atoms with E-state index >= 15 is 0 Å². The molecule has 0 saturated heterocycles. The SMILES string of the molecule is CC(CCc1ccc2c(c1)OCO2)NC1CCC(C)C1C. The molecule has 1 aromatic carbocycles. The van der Waals surface area contributed by atoms with Crippen LogP contribution in [0.1, 0.15) is 45.6 Å². The maximum absolute atomic E-state index is 5.44. The van der Waals surface area contributed by atoms with Crippen molar-refractivity contribution in [1.82, 2.24) is 5.32 Å². The zero-order valence-electron chi connectivity index (χ0n) is 13.4. The van der Waals surface area contributed by atoms with Gasteiger partial charge in [0.1, 0.15) is 0 Å². The summed E-state index contributed by atoms with van der Waals surface area (Å²) in [7, 11) is 0. The van der Waals surface area contributed by atoms with E-state index < -0.39 is 0 Å². The highest BCUT2D eigenvalue weighted by Crippen LogP contribution is 2.33. The average molecular weight is 289 g/mol. The summed E-state index contributed by atoms with van der Waals surface area (Å²) in [6.45, 7) is 7.43. The fourth-order valence-electron chi connectivity index (χ4n) is 3.53. The lowest BCUT2D eigenvalue weighted by Crippen LogP contribution is -2.39. The van der Waals surface area contributed by atoms with Gasteiger partial charge in [-0.2, -0.15) is 0 Å². The number of hydrogen-bond acceptors (Lipinski definition) is 3. The highest BCUT2D eigenvalue weighted by Gasteiger charge is 2.30. The second kappa shape index (κ2) is 6.27. The molecule has 1 fully saturated rings. The van der Waals surface area contributed by atoms with Gasteiger partial charge in [-0.3, -0.25) is 0 Å². The first-order chi connectivity index (χ1) is 10.1. The van der Waals surface area contributed by atoms with E-state index in [-0.39, 0.29) is 0 Å². The molecule has 1 saturated carbocycles. The van der Waals surface area contributed by atoms with E-state index in [1.807, 2.05) is 6.07 Å². The second-order valence-electron chi connectivity index (χ2n) is 6.81. The molecule has 1 aliphatic heterocycles. The molecule has 0 amide bonds. The van der Waals surface area contributed by atoms with Crippen LogP contribution in [0.15, 0.2) is 18.2 Å². The van der Waals surface area contributed by atoms with E-state index in [0.717, 1.165) is 36.2 Å². The quantitative estimate of drug-likeness (QED) is 0.895. The highest BCUT2D eigenvalue weighted by atomic mass is 16.7. The van der Waals surface area contributed by atoms with Crippen molar-refractivity contribution >= 4 is 0 Å². The van der Waals surface area contributed by atoms with Crippen molar-refractivity contribution in [2.75, 3.05) is 6.79 Å². The maximum Gasteiger partial charge on any atom is 0.231 e. The van der Waals surface area contributed by atoms with Crippen molar-refractivity contribution in [3.05, 3.63) is 23.8 Å². The van der Waals surface area contributed by atoms with Gasteiger partial charge in [-0.05, 0) is 62.1 Å². The minimum Gasteiger partial charge on any atom is -0.454 e. The molecule has 3 heteroatoms. The van der Waals surface area contributed by atoms with Crippen molar-refractivity contribution < 1.29 is 9.47 Å². The minimum absolute atomic E-state index is 0.356. The Morgan fingerprint density at radius 1 is 1.19 bits per heavy atom. The molecule has 0 aromatic heterocycles. The Morgan fingerprint density at radius 2 is 2.00 bits per heavy atom. The summed E-state index contributed by atoms with van der Waals surface area (Å²) >= 11 is 0. The van der Waals surface area contributed by atoms with Gasteiger partial charge in [0.25, 0.3) is 0 Å². The van der Waals surface area contributed by atoms with Crippen molar-refractivity contribution in [2.45, 2.75) is 58.5 Å². The average Bonchev–Trinajstić information content (AvgIpc) is 3.06. The lowest BCUT2D eigenvalue weighted by atomic mass is 9.96. The third kappa shape index (κ3) is 3.34. The van der Waals surface area contributed by atoms with Gasteiger partial charge in [0, 0.05) is 12.1 Å². The molecule has 3 rings (SSSR count). The van der Waals surface area contributed by atoms with Crippen molar-refractivity contribution in [2.24, 2.45) is 11.8 Å². The van der Waals surface area contributed by atoms with Crippen molar-refractivity contribution in [3.8, 4) is 11.5 Å². The molecule has 1 N–H and O–H groups in total. The zero-order chi connectivity index (χ0) is 14.8. The van der Waals surface area contributed by atoms with Crippen LogP contribution in [0.5, 0.6) is 11.5 Å². The number of aryl methyl sites for hydroxylation is 1. The van der Waals surface area contributed by atoms with E-state index in [2.05, 4.69) is 38.2 Å². The Kier molecular flexibility index (Phi) is 4.39. The van der Waals surface area contributed by atoms with Gasteiger partial charge in [0.15, 0.2) is 11.5 Å². The molecule has 1 aliphatic carbocycles. The van der Waals surface area contributed by atoms with Crippen molar-refractivity contribution in [1.29, 1.82) is 0 Å². The van der Waals surface area contributed by atoms with Crippen LogP contribution in [0.4, 0.5) is 0 Å². The number of rotatable bonds is 5. The maximum atomic E-state index is 5.44. The molecule has 4 atom stereocenters. The molecule has 0 radical (unpaired) electrons. The van der Waals surface area contributed by atoms with E-state index in [0.29, 0.717) is 18.9 Å². The smallest absolute Gasteiger partial charge is 0.231 e. The van der Waals surface area contributed by atoms with Crippen LogP contribution in [-0.4, -0.2) is 18.9 Å². The van der Waals surface area contributed by atoms with Gasteiger partial charge >= 0.3 is 0 Å². The number of fused-ring (bicyclic) bond motifs is 1. The van der Waals surface area contributed by atoms with E-state index in [1.54, 1.807) is 0 Å². The Balaban J connectivity index is 1.48. The molecule has 1 heterocycles.